The van der Waals surface area contributed by atoms with Crippen LogP contribution in [0.1, 0.15) is 64.7 Å². The van der Waals surface area contributed by atoms with Crippen LogP contribution in [0.2, 0.25) is 0 Å². The Morgan fingerprint density at radius 2 is 1.82 bits per heavy atom. The Hall–Kier alpha value is -0.0800. The molecule has 1 fully saturated rings. The molecule has 0 bridgehead atoms. The molecule has 0 aromatic carbocycles. The molecule has 1 rings (SSSR count). The molecule has 0 radical (unpaired) electrons. The fraction of sp³-hybridized carbons (Fsp3) is 1.00. The van der Waals surface area contributed by atoms with E-state index in [0.29, 0.717) is 0 Å². The summed E-state index contributed by atoms with van der Waals surface area (Å²) >= 11 is 0. The van der Waals surface area contributed by atoms with Gasteiger partial charge in [0.2, 0.25) is 0 Å². The van der Waals surface area contributed by atoms with Crippen molar-refractivity contribution in [1.82, 2.24) is 5.32 Å². The summed E-state index contributed by atoms with van der Waals surface area (Å²) in [7, 11) is 0. The van der Waals surface area contributed by atoms with Gasteiger partial charge in [0, 0.05) is 13.2 Å². The molecule has 2 nitrogen and oxygen atoms in total. The first-order valence-electron chi connectivity index (χ1n) is 7.72. The van der Waals surface area contributed by atoms with Crippen LogP contribution >= 0.6 is 0 Å². The summed E-state index contributed by atoms with van der Waals surface area (Å²) in [6.45, 7) is 6.59. The molecule has 0 aromatic rings. The van der Waals surface area contributed by atoms with Gasteiger partial charge in [-0.05, 0) is 31.7 Å². The van der Waals surface area contributed by atoms with Gasteiger partial charge < -0.3 is 10.1 Å². The Kier molecular flexibility index (Phi) is 9.72. The molecule has 0 aliphatic carbocycles. The second-order valence-electron chi connectivity index (χ2n) is 5.41. The highest BCUT2D eigenvalue weighted by atomic mass is 16.5. The molecule has 1 aliphatic heterocycles. The summed E-state index contributed by atoms with van der Waals surface area (Å²) in [5, 5.41) is 3.58. The lowest BCUT2D eigenvalue weighted by molar-refractivity contribution is 0.0549. The van der Waals surface area contributed by atoms with Crippen LogP contribution < -0.4 is 5.32 Å². The predicted octanol–water partition coefficient (Wildman–Crippen LogP) is 3.75. The van der Waals surface area contributed by atoms with Gasteiger partial charge in [-0.25, -0.2) is 0 Å². The number of nitrogens with one attached hydrogen (secondary N) is 1. The normalized spacial score (nSPS) is 20.6. The second-order valence-corrected chi connectivity index (χ2v) is 5.41. The fourth-order valence-corrected chi connectivity index (χ4v) is 2.48. The maximum atomic E-state index is 5.48. The predicted molar refractivity (Wildman–Crippen MR) is 74.4 cm³/mol. The monoisotopic (exact) mass is 241 g/mol. The quantitative estimate of drug-likeness (QED) is 0.588. The van der Waals surface area contributed by atoms with Gasteiger partial charge in [-0.3, -0.25) is 0 Å². The van der Waals surface area contributed by atoms with E-state index in [4.69, 9.17) is 4.74 Å². The highest BCUT2D eigenvalue weighted by Crippen LogP contribution is 2.12. The number of hydrogen-bond acceptors (Lipinski definition) is 2. The number of ether oxygens (including phenoxy) is 1. The Morgan fingerprint density at radius 3 is 2.53 bits per heavy atom. The van der Waals surface area contributed by atoms with Crippen molar-refractivity contribution in [3.8, 4) is 0 Å². The van der Waals surface area contributed by atoms with Gasteiger partial charge in [0.15, 0.2) is 0 Å². The lowest BCUT2D eigenvalue weighted by atomic mass is 10.0. The molecular formula is C15H31NO. The maximum Gasteiger partial charge on any atom is 0.0506 e. The zero-order chi connectivity index (χ0) is 12.2. The Balaban J connectivity index is 1.75. The maximum absolute atomic E-state index is 5.48. The van der Waals surface area contributed by atoms with E-state index in [-0.39, 0.29) is 0 Å². The van der Waals surface area contributed by atoms with E-state index in [2.05, 4.69) is 12.2 Å². The van der Waals surface area contributed by atoms with E-state index in [1.165, 1.54) is 64.3 Å². The zero-order valence-corrected chi connectivity index (χ0v) is 11.7. The third-order valence-electron chi connectivity index (χ3n) is 3.64. The third kappa shape index (κ3) is 8.62. The SMILES string of the molecule is CCCCCCCCCNCC1CCCOC1. The van der Waals surface area contributed by atoms with Crippen molar-refractivity contribution in [2.75, 3.05) is 26.3 Å². The largest absolute Gasteiger partial charge is 0.381 e. The van der Waals surface area contributed by atoms with Crippen LogP contribution in [-0.4, -0.2) is 26.3 Å². The fourth-order valence-electron chi connectivity index (χ4n) is 2.48. The minimum atomic E-state index is 0.772. The molecule has 0 amide bonds. The van der Waals surface area contributed by atoms with Crippen LogP contribution in [0.25, 0.3) is 0 Å². The van der Waals surface area contributed by atoms with E-state index >= 15 is 0 Å². The first-order chi connectivity index (χ1) is 8.43. The molecule has 0 aromatic heterocycles. The van der Waals surface area contributed by atoms with Crippen molar-refractivity contribution in [2.45, 2.75) is 64.7 Å². The molecule has 1 unspecified atom stereocenters. The topological polar surface area (TPSA) is 21.3 Å². The number of rotatable bonds is 10. The molecule has 1 heterocycles. The molecule has 1 saturated heterocycles. The van der Waals surface area contributed by atoms with Crippen molar-refractivity contribution in [3.63, 3.8) is 0 Å². The average molecular weight is 241 g/mol. The van der Waals surface area contributed by atoms with Gasteiger partial charge in [0.25, 0.3) is 0 Å². The number of unbranched alkanes of at least 4 members (excludes halogenated alkanes) is 6. The molecular weight excluding hydrogens is 210 g/mol. The van der Waals surface area contributed by atoms with Gasteiger partial charge in [0.05, 0.1) is 6.61 Å². The molecule has 1 N–H and O–H groups in total. The Bertz CT molecular complexity index is 155. The first-order valence-corrected chi connectivity index (χ1v) is 7.72. The molecule has 2 heteroatoms. The van der Waals surface area contributed by atoms with Gasteiger partial charge in [-0.1, -0.05) is 45.4 Å². The zero-order valence-electron chi connectivity index (χ0n) is 11.7. The van der Waals surface area contributed by atoms with Crippen LogP contribution in [0.5, 0.6) is 0 Å². The van der Waals surface area contributed by atoms with Crippen molar-refractivity contribution in [1.29, 1.82) is 0 Å². The number of hydrogen-bond donors (Lipinski definition) is 1. The van der Waals surface area contributed by atoms with Crippen LogP contribution in [0.3, 0.4) is 0 Å². The van der Waals surface area contributed by atoms with Crippen LogP contribution in [0.15, 0.2) is 0 Å². The van der Waals surface area contributed by atoms with Crippen molar-refractivity contribution >= 4 is 0 Å². The molecule has 0 saturated carbocycles. The smallest absolute Gasteiger partial charge is 0.0506 e. The second kappa shape index (κ2) is 11.0. The Morgan fingerprint density at radius 1 is 1.06 bits per heavy atom. The standard InChI is InChI=1S/C15H31NO/c1-2-3-4-5-6-7-8-11-16-13-15-10-9-12-17-14-15/h15-16H,2-14H2,1H3. The molecule has 1 aliphatic rings. The van der Waals surface area contributed by atoms with Crippen LogP contribution in [-0.2, 0) is 4.74 Å². The highest BCUT2D eigenvalue weighted by molar-refractivity contribution is 4.65. The van der Waals surface area contributed by atoms with E-state index in [1.54, 1.807) is 0 Å². The van der Waals surface area contributed by atoms with Gasteiger partial charge in [0.1, 0.15) is 0 Å². The van der Waals surface area contributed by atoms with E-state index in [0.717, 1.165) is 25.7 Å². The molecule has 0 spiro atoms. The van der Waals surface area contributed by atoms with Crippen molar-refractivity contribution < 1.29 is 4.74 Å². The lowest BCUT2D eigenvalue weighted by Gasteiger charge is -2.22. The lowest BCUT2D eigenvalue weighted by Crippen LogP contribution is -2.29. The summed E-state index contributed by atoms with van der Waals surface area (Å²) in [4.78, 5) is 0. The van der Waals surface area contributed by atoms with Gasteiger partial charge in [-0.15, -0.1) is 0 Å². The van der Waals surface area contributed by atoms with Gasteiger partial charge in [-0.2, -0.15) is 0 Å². The van der Waals surface area contributed by atoms with E-state index in [9.17, 15) is 0 Å². The molecule has 1 atom stereocenters. The van der Waals surface area contributed by atoms with Crippen molar-refractivity contribution in [3.05, 3.63) is 0 Å². The average Bonchev–Trinajstić information content (AvgIpc) is 2.38. The summed E-state index contributed by atoms with van der Waals surface area (Å²) < 4.78 is 5.48. The summed E-state index contributed by atoms with van der Waals surface area (Å²) in [5.41, 5.74) is 0. The van der Waals surface area contributed by atoms with Crippen molar-refractivity contribution in [2.24, 2.45) is 5.92 Å². The molecule has 17 heavy (non-hydrogen) atoms. The van der Waals surface area contributed by atoms with Gasteiger partial charge >= 0.3 is 0 Å². The van der Waals surface area contributed by atoms with E-state index < -0.39 is 0 Å². The third-order valence-corrected chi connectivity index (χ3v) is 3.64. The first kappa shape index (κ1) is 15.0. The summed E-state index contributed by atoms with van der Waals surface area (Å²) in [5.74, 6) is 0.772. The van der Waals surface area contributed by atoms with Crippen LogP contribution in [0, 0.1) is 5.92 Å². The Labute approximate surface area is 108 Å². The summed E-state index contributed by atoms with van der Waals surface area (Å²) in [6, 6.07) is 0. The minimum absolute atomic E-state index is 0.772. The minimum Gasteiger partial charge on any atom is -0.381 e. The van der Waals surface area contributed by atoms with E-state index in [1.807, 2.05) is 0 Å². The highest BCUT2D eigenvalue weighted by Gasteiger charge is 2.12. The van der Waals surface area contributed by atoms with Crippen LogP contribution in [0.4, 0.5) is 0 Å². The molecule has 102 valence electrons. The summed E-state index contributed by atoms with van der Waals surface area (Å²) in [6.07, 6.45) is 12.4.